The summed E-state index contributed by atoms with van der Waals surface area (Å²) >= 11 is 0. The lowest BCUT2D eigenvalue weighted by molar-refractivity contribution is 0.0730. The Labute approximate surface area is 237 Å². The van der Waals surface area contributed by atoms with E-state index in [1.54, 1.807) is 12.1 Å². The number of phenols is 1. The van der Waals surface area contributed by atoms with Crippen molar-refractivity contribution >= 4 is 11.9 Å². The molecule has 1 N–H and O–H groups in total. The van der Waals surface area contributed by atoms with Crippen molar-refractivity contribution in [2.45, 2.75) is 119 Å². The molecule has 0 aromatic heterocycles. The van der Waals surface area contributed by atoms with Gasteiger partial charge in [0.25, 0.3) is 5.91 Å². The van der Waals surface area contributed by atoms with Crippen molar-refractivity contribution in [1.29, 1.82) is 0 Å². The summed E-state index contributed by atoms with van der Waals surface area (Å²) in [5.74, 6) is 0.601. The van der Waals surface area contributed by atoms with E-state index in [2.05, 4.69) is 41.5 Å². The van der Waals surface area contributed by atoms with Crippen LogP contribution in [0.1, 0.15) is 162 Å². The number of hydrogen-bond donors (Lipinski definition) is 1. The highest BCUT2D eigenvalue weighted by atomic mass is 16.5. The summed E-state index contributed by atoms with van der Waals surface area (Å²) < 4.78 is 6.17. The first-order valence-electron chi connectivity index (χ1n) is 14.9. The maximum atomic E-state index is 13.7. The van der Waals surface area contributed by atoms with Gasteiger partial charge < -0.3 is 14.7 Å². The van der Waals surface area contributed by atoms with E-state index in [4.69, 9.17) is 4.74 Å². The van der Waals surface area contributed by atoms with Crippen LogP contribution in [-0.4, -0.2) is 35.0 Å². The van der Waals surface area contributed by atoms with Crippen molar-refractivity contribution < 1.29 is 19.4 Å². The molecule has 0 saturated heterocycles. The second kappa shape index (κ2) is 14.5. The standard InChI is InChI=1S/C34H51NO4/c1-11-13-15-35(16-14-12-2)33(37)25-17-29(23(7)8)32(30(18-25)24(9)10)39-34(38)26-19-27(21(3)4)31(36)28(20-26)22(5)6/h17-24,36H,11-16H2,1-10H3. The van der Waals surface area contributed by atoms with Gasteiger partial charge in [-0.15, -0.1) is 0 Å². The third-order valence-corrected chi connectivity index (χ3v) is 7.33. The number of carbonyl (C=O) groups excluding carboxylic acids is 2. The number of nitrogens with zero attached hydrogens (tertiary/aromatic N) is 1. The fraction of sp³-hybridized carbons (Fsp3) is 0.588. The lowest BCUT2D eigenvalue weighted by Crippen LogP contribution is -2.33. The minimum absolute atomic E-state index is 0.0419. The van der Waals surface area contributed by atoms with E-state index < -0.39 is 5.97 Å². The van der Waals surface area contributed by atoms with Crippen molar-refractivity contribution in [2.75, 3.05) is 13.1 Å². The zero-order valence-electron chi connectivity index (χ0n) is 26.0. The molecule has 0 unspecified atom stereocenters. The number of aromatic hydroxyl groups is 1. The number of phenolic OH excluding ortho intramolecular Hbond substituents is 1. The lowest BCUT2D eigenvalue weighted by Gasteiger charge is -2.25. The number of rotatable bonds is 13. The molecule has 0 aliphatic carbocycles. The molecular formula is C34H51NO4. The van der Waals surface area contributed by atoms with Gasteiger partial charge in [-0.2, -0.15) is 0 Å². The lowest BCUT2D eigenvalue weighted by atomic mass is 9.90. The summed E-state index contributed by atoms with van der Waals surface area (Å²) in [6, 6.07) is 7.33. The molecule has 0 bridgehead atoms. The zero-order valence-corrected chi connectivity index (χ0v) is 26.0. The minimum Gasteiger partial charge on any atom is -0.507 e. The Morgan fingerprint density at radius 3 is 1.44 bits per heavy atom. The topological polar surface area (TPSA) is 66.8 Å². The largest absolute Gasteiger partial charge is 0.507 e. The second-order valence-corrected chi connectivity index (χ2v) is 12.0. The monoisotopic (exact) mass is 537 g/mol. The Bertz CT molecular complexity index is 1060. The molecule has 0 saturated carbocycles. The quantitative estimate of drug-likeness (QED) is 0.204. The Hall–Kier alpha value is -2.82. The first-order valence-corrected chi connectivity index (χ1v) is 14.9. The van der Waals surface area contributed by atoms with E-state index in [1.165, 1.54) is 0 Å². The maximum Gasteiger partial charge on any atom is 0.343 e. The van der Waals surface area contributed by atoms with Gasteiger partial charge in [0.05, 0.1) is 5.56 Å². The fourth-order valence-electron chi connectivity index (χ4n) is 4.80. The van der Waals surface area contributed by atoms with Crippen molar-refractivity contribution in [2.24, 2.45) is 0 Å². The van der Waals surface area contributed by atoms with Crippen molar-refractivity contribution in [1.82, 2.24) is 4.90 Å². The third-order valence-electron chi connectivity index (χ3n) is 7.33. The first-order chi connectivity index (χ1) is 18.3. The molecule has 39 heavy (non-hydrogen) atoms. The summed E-state index contributed by atoms with van der Waals surface area (Å²) in [4.78, 5) is 29.3. The van der Waals surface area contributed by atoms with Gasteiger partial charge in [0, 0.05) is 18.7 Å². The average molecular weight is 538 g/mol. The van der Waals surface area contributed by atoms with Crippen LogP contribution in [0.25, 0.3) is 0 Å². The molecule has 5 nitrogen and oxygen atoms in total. The van der Waals surface area contributed by atoms with Crippen LogP contribution in [0.4, 0.5) is 0 Å². The smallest absolute Gasteiger partial charge is 0.343 e. The summed E-state index contributed by atoms with van der Waals surface area (Å²) in [5.41, 5.74) is 4.27. The van der Waals surface area contributed by atoms with Gasteiger partial charge >= 0.3 is 5.97 Å². The fourth-order valence-corrected chi connectivity index (χ4v) is 4.80. The molecule has 5 heteroatoms. The van der Waals surface area contributed by atoms with Crippen LogP contribution in [0.2, 0.25) is 0 Å². The van der Waals surface area contributed by atoms with E-state index in [0.29, 0.717) is 16.9 Å². The molecule has 216 valence electrons. The van der Waals surface area contributed by atoms with Crippen LogP contribution in [0.15, 0.2) is 24.3 Å². The molecule has 0 atom stereocenters. The Kier molecular flexibility index (Phi) is 12.1. The van der Waals surface area contributed by atoms with Gasteiger partial charge in [0.1, 0.15) is 11.5 Å². The van der Waals surface area contributed by atoms with Gasteiger partial charge in [0.15, 0.2) is 0 Å². The Morgan fingerprint density at radius 2 is 1.08 bits per heavy atom. The predicted molar refractivity (Wildman–Crippen MR) is 162 cm³/mol. The number of benzene rings is 2. The van der Waals surface area contributed by atoms with Gasteiger partial charge in [-0.25, -0.2) is 4.79 Å². The van der Waals surface area contributed by atoms with Crippen molar-refractivity contribution in [3.05, 3.63) is 57.6 Å². The van der Waals surface area contributed by atoms with Crippen LogP contribution >= 0.6 is 0 Å². The number of ether oxygens (including phenoxy) is 1. The molecular weight excluding hydrogens is 486 g/mol. The molecule has 2 aromatic carbocycles. The molecule has 1 amide bonds. The van der Waals surface area contributed by atoms with E-state index in [1.807, 2.05) is 44.7 Å². The molecule has 2 aromatic rings. The molecule has 0 aliphatic rings. The van der Waals surface area contributed by atoms with Crippen LogP contribution in [0.3, 0.4) is 0 Å². The van der Waals surface area contributed by atoms with Gasteiger partial charge in [-0.3, -0.25) is 4.79 Å². The number of hydrogen-bond acceptors (Lipinski definition) is 4. The van der Waals surface area contributed by atoms with E-state index >= 15 is 0 Å². The van der Waals surface area contributed by atoms with E-state index in [9.17, 15) is 14.7 Å². The average Bonchev–Trinajstić information content (AvgIpc) is 2.87. The first kappa shape index (κ1) is 32.4. The summed E-state index contributed by atoms with van der Waals surface area (Å²) in [6.45, 7) is 22.0. The highest BCUT2D eigenvalue weighted by molar-refractivity contribution is 5.96. The number of esters is 1. The third kappa shape index (κ3) is 8.09. The number of unbranched alkanes of at least 4 members (excludes halogenated alkanes) is 2. The Balaban J connectivity index is 2.60. The number of amides is 1. The molecule has 0 spiro atoms. The van der Waals surface area contributed by atoms with E-state index in [0.717, 1.165) is 61.0 Å². The summed E-state index contributed by atoms with van der Waals surface area (Å²) in [6.07, 6.45) is 4.02. The zero-order chi connectivity index (χ0) is 29.4. The highest BCUT2D eigenvalue weighted by Crippen LogP contribution is 2.38. The summed E-state index contributed by atoms with van der Waals surface area (Å²) in [7, 11) is 0. The normalized spacial score (nSPS) is 11.6. The van der Waals surface area contributed by atoms with Crippen molar-refractivity contribution in [3.63, 3.8) is 0 Å². The van der Waals surface area contributed by atoms with Crippen LogP contribution in [0.5, 0.6) is 11.5 Å². The Morgan fingerprint density at radius 1 is 0.692 bits per heavy atom. The second-order valence-electron chi connectivity index (χ2n) is 12.0. The molecule has 2 rings (SSSR count). The minimum atomic E-state index is -0.450. The van der Waals surface area contributed by atoms with Gasteiger partial charge in [0.2, 0.25) is 0 Å². The molecule has 0 fully saturated rings. The summed E-state index contributed by atoms with van der Waals surface area (Å²) in [5, 5.41) is 10.8. The maximum absolute atomic E-state index is 13.7. The SMILES string of the molecule is CCCCN(CCCC)C(=O)c1cc(C(C)C)c(OC(=O)c2cc(C(C)C)c(O)c(C(C)C)c2)c(C(C)C)c1. The molecule has 0 radical (unpaired) electrons. The van der Waals surface area contributed by atoms with E-state index in [-0.39, 0.29) is 35.3 Å². The predicted octanol–water partition coefficient (Wildman–Crippen LogP) is 9.15. The van der Waals surface area contributed by atoms with Crippen LogP contribution in [0, 0.1) is 0 Å². The van der Waals surface area contributed by atoms with Gasteiger partial charge in [-0.1, -0.05) is 82.1 Å². The van der Waals surface area contributed by atoms with Gasteiger partial charge in [-0.05, 0) is 83.0 Å². The highest BCUT2D eigenvalue weighted by Gasteiger charge is 2.26. The number of carbonyl (C=O) groups is 2. The molecule has 0 aliphatic heterocycles. The molecule has 0 heterocycles. The van der Waals surface area contributed by atoms with Crippen LogP contribution < -0.4 is 4.74 Å². The van der Waals surface area contributed by atoms with Crippen LogP contribution in [-0.2, 0) is 0 Å². The van der Waals surface area contributed by atoms with Crippen molar-refractivity contribution in [3.8, 4) is 11.5 Å².